The van der Waals surface area contributed by atoms with Gasteiger partial charge >= 0.3 is 17.8 Å². The average molecular weight is 377 g/mol. The summed E-state index contributed by atoms with van der Waals surface area (Å²) in [5.41, 5.74) is 2.93. The van der Waals surface area contributed by atoms with Gasteiger partial charge in [0.1, 0.15) is 11.7 Å². The van der Waals surface area contributed by atoms with E-state index in [9.17, 15) is 22.8 Å². The van der Waals surface area contributed by atoms with Gasteiger partial charge in [-0.3, -0.25) is 0 Å². The highest BCUT2D eigenvalue weighted by atomic mass is 19.4. The summed E-state index contributed by atoms with van der Waals surface area (Å²) in [6.45, 7) is 0. The van der Waals surface area contributed by atoms with Crippen LogP contribution in [0.25, 0.3) is 16.7 Å². The Morgan fingerprint density at radius 1 is 1.33 bits per heavy atom. The molecule has 3 rings (SSSR count). The highest BCUT2D eigenvalue weighted by molar-refractivity contribution is 5.96. The summed E-state index contributed by atoms with van der Waals surface area (Å²) in [6, 6.07) is 5.67. The Balaban J connectivity index is 2.31. The number of nitrogens with two attached hydrogens (primary N) is 1. The first-order valence-electron chi connectivity index (χ1n) is 7.32. The van der Waals surface area contributed by atoms with Crippen LogP contribution >= 0.6 is 0 Å². The first-order chi connectivity index (χ1) is 12.7. The van der Waals surface area contributed by atoms with Crippen molar-refractivity contribution in [2.75, 3.05) is 12.8 Å². The van der Waals surface area contributed by atoms with E-state index in [1.54, 1.807) is 6.07 Å². The van der Waals surface area contributed by atoms with Crippen molar-refractivity contribution in [3.05, 3.63) is 57.7 Å². The highest BCUT2D eigenvalue weighted by Crippen LogP contribution is 2.35. The molecule has 0 radical (unpaired) electrons. The van der Waals surface area contributed by atoms with Crippen molar-refractivity contribution in [3.63, 3.8) is 0 Å². The molecule has 0 aliphatic rings. The number of aromatic nitrogens is 1. The maximum Gasteiger partial charge on any atom is 0.417 e. The van der Waals surface area contributed by atoms with Crippen LogP contribution in [0.1, 0.15) is 21.6 Å². The molecule has 10 heteroatoms. The summed E-state index contributed by atoms with van der Waals surface area (Å²) >= 11 is 0. The molecule has 0 aliphatic heterocycles. The second-order valence-corrected chi connectivity index (χ2v) is 5.44. The fourth-order valence-electron chi connectivity index (χ4n) is 2.65. The van der Waals surface area contributed by atoms with Gasteiger partial charge in [0, 0.05) is 29.4 Å². The summed E-state index contributed by atoms with van der Waals surface area (Å²) in [5, 5.41) is 8.78. The minimum atomic E-state index is -4.75. The smallest absolute Gasteiger partial charge is 0.417 e. The second-order valence-electron chi connectivity index (χ2n) is 5.44. The summed E-state index contributed by atoms with van der Waals surface area (Å²) in [7, 11) is 1.11. The van der Waals surface area contributed by atoms with Crippen LogP contribution in [-0.2, 0) is 10.9 Å². The maximum absolute atomic E-state index is 13.1. The van der Waals surface area contributed by atoms with Gasteiger partial charge in [-0.15, -0.1) is 0 Å². The number of nitrogen functional groups attached to an aromatic ring is 1. The number of carbonyl (C=O) groups is 1. The van der Waals surface area contributed by atoms with Crippen molar-refractivity contribution in [2.24, 2.45) is 0 Å². The lowest BCUT2D eigenvalue weighted by molar-refractivity contribution is -0.136. The molecule has 0 fully saturated rings. The van der Waals surface area contributed by atoms with Crippen LogP contribution < -0.4 is 11.4 Å². The fraction of sp³-hybridized carbons (Fsp3) is 0.118. The lowest BCUT2D eigenvalue weighted by Gasteiger charge is -2.12. The first-order valence-corrected chi connectivity index (χ1v) is 7.32. The number of hydrogen-bond donors (Lipinski definition) is 1. The number of methoxy groups -OCH3 is 1. The van der Waals surface area contributed by atoms with Gasteiger partial charge in [0.25, 0.3) is 0 Å². The molecule has 7 nitrogen and oxygen atoms in total. The van der Waals surface area contributed by atoms with Gasteiger partial charge in [-0.25, -0.2) is 9.59 Å². The van der Waals surface area contributed by atoms with Gasteiger partial charge in [-0.05, 0) is 12.1 Å². The van der Waals surface area contributed by atoms with Gasteiger partial charge in [-0.1, -0.05) is 0 Å². The molecule has 1 aromatic carbocycles. The molecule has 0 bridgehead atoms. The van der Waals surface area contributed by atoms with Crippen LogP contribution in [0.15, 0.2) is 39.7 Å². The van der Waals surface area contributed by atoms with Crippen LogP contribution in [-0.4, -0.2) is 17.6 Å². The predicted molar refractivity (Wildman–Crippen MR) is 87.3 cm³/mol. The molecule has 2 aromatic heterocycles. The minimum absolute atomic E-state index is 0.0269. The normalized spacial score (nSPS) is 11.4. The quantitative estimate of drug-likeness (QED) is 0.543. The molecular formula is C17H10F3N3O4. The SMILES string of the molecule is COC(=O)c1c(N)c(C#N)cn1-c1ccc2c(C(F)(F)F)cc(=O)oc2c1. The number of hydrogen-bond acceptors (Lipinski definition) is 6. The molecule has 2 N–H and O–H groups in total. The monoisotopic (exact) mass is 377 g/mol. The number of ether oxygens (including phenoxy) is 1. The zero-order chi connectivity index (χ0) is 19.9. The van der Waals surface area contributed by atoms with E-state index in [4.69, 9.17) is 15.4 Å². The van der Waals surface area contributed by atoms with E-state index in [1.165, 1.54) is 16.8 Å². The van der Waals surface area contributed by atoms with E-state index in [0.717, 1.165) is 19.2 Å². The van der Waals surface area contributed by atoms with E-state index >= 15 is 0 Å². The molecule has 2 heterocycles. The molecule has 0 amide bonds. The third-order valence-electron chi connectivity index (χ3n) is 3.86. The molecule has 0 spiro atoms. The van der Waals surface area contributed by atoms with Crippen LogP contribution in [0.2, 0.25) is 0 Å². The summed E-state index contributed by atoms with van der Waals surface area (Å²) < 4.78 is 50.1. The van der Waals surface area contributed by atoms with Crippen LogP contribution in [0, 0.1) is 11.3 Å². The van der Waals surface area contributed by atoms with Crippen molar-refractivity contribution >= 4 is 22.6 Å². The third-order valence-corrected chi connectivity index (χ3v) is 3.86. The molecule has 138 valence electrons. The number of benzene rings is 1. The number of esters is 1. The molecular weight excluding hydrogens is 367 g/mol. The summed E-state index contributed by atoms with van der Waals surface area (Å²) in [4.78, 5) is 23.5. The zero-order valence-electron chi connectivity index (χ0n) is 13.6. The van der Waals surface area contributed by atoms with Gasteiger partial charge in [0.05, 0.1) is 23.9 Å². The second kappa shape index (κ2) is 6.21. The first kappa shape index (κ1) is 18.1. The Morgan fingerprint density at radius 2 is 2.04 bits per heavy atom. The molecule has 0 saturated carbocycles. The largest absolute Gasteiger partial charge is 0.464 e. The predicted octanol–water partition coefficient (Wildman–Crippen LogP) is 2.84. The van der Waals surface area contributed by atoms with Crippen LogP contribution in [0.5, 0.6) is 0 Å². The molecule has 27 heavy (non-hydrogen) atoms. The Hall–Kier alpha value is -3.74. The number of rotatable bonds is 2. The summed E-state index contributed by atoms with van der Waals surface area (Å²) in [5.74, 6) is -0.848. The standard InChI is InChI=1S/C17H10F3N3O4/c1-26-16(25)15-14(22)8(6-21)7-23(15)9-2-3-10-11(17(18,19)20)5-13(24)27-12(10)4-9/h2-5,7H,22H2,1H3. The maximum atomic E-state index is 13.1. The Labute approximate surface area is 149 Å². The number of alkyl halides is 3. The molecule has 0 saturated heterocycles. The average Bonchev–Trinajstić information content (AvgIpc) is 2.95. The number of nitriles is 1. The minimum Gasteiger partial charge on any atom is -0.464 e. The summed E-state index contributed by atoms with van der Waals surface area (Å²) in [6.07, 6.45) is -3.52. The van der Waals surface area contributed by atoms with E-state index < -0.39 is 23.3 Å². The number of halogens is 3. The number of fused-ring (bicyclic) bond motifs is 1. The van der Waals surface area contributed by atoms with E-state index in [0.29, 0.717) is 6.07 Å². The Bertz CT molecular complexity index is 1170. The van der Waals surface area contributed by atoms with Crippen molar-refractivity contribution in [3.8, 4) is 11.8 Å². The Kier molecular flexibility index (Phi) is 4.15. The Morgan fingerprint density at radius 3 is 2.63 bits per heavy atom. The van der Waals surface area contributed by atoms with Gasteiger partial charge in [-0.2, -0.15) is 18.4 Å². The molecule has 3 aromatic rings. The number of nitrogens with zero attached hydrogens (tertiary/aromatic N) is 2. The van der Waals surface area contributed by atoms with Gasteiger partial charge in [0.2, 0.25) is 0 Å². The molecule has 0 atom stereocenters. The lowest BCUT2D eigenvalue weighted by atomic mass is 10.1. The van der Waals surface area contributed by atoms with Crippen LogP contribution in [0.4, 0.5) is 18.9 Å². The van der Waals surface area contributed by atoms with Gasteiger partial charge in [0.15, 0.2) is 5.69 Å². The number of carbonyl (C=O) groups excluding carboxylic acids is 1. The molecule has 0 unspecified atom stereocenters. The van der Waals surface area contributed by atoms with Crippen molar-refractivity contribution < 1.29 is 27.1 Å². The number of anilines is 1. The van der Waals surface area contributed by atoms with Crippen molar-refractivity contribution in [1.82, 2.24) is 4.57 Å². The van der Waals surface area contributed by atoms with E-state index in [2.05, 4.69) is 4.74 Å². The van der Waals surface area contributed by atoms with Crippen molar-refractivity contribution in [1.29, 1.82) is 5.26 Å². The zero-order valence-corrected chi connectivity index (χ0v) is 13.6. The fourth-order valence-corrected chi connectivity index (χ4v) is 2.65. The van der Waals surface area contributed by atoms with Crippen molar-refractivity contribution in [2.45, 2.75) is 6.18 Å². The third kappa shape index (κ3) is 2.99. The van der Waals surface area contributed by atoms with E-state index in [1.807, 2.05) is 0 Å². The highest BCUT2D eigenvalue weighted by Gasteiger charge is 2.34. The van der Waals surface area contributed by atoms with Gasteiger partial charge < -0.3 is 19.5 Å². The van der Waals surface area contributed by atoms with Crippen LogP contribution in [0.3, 0.4) is 0 Å². The lowest BCUT2D eigenvalue weighted by Crippen LogP contribution is -2.12. The molecule has 0 aliphatic carbocycles. The van der Waals surface area contributed by atoms with E-state index in [-0.39, 0.29) is 33.6 Å². The topological polar surface area (TPSA) is 111 Å².